The van der Waals surface area contributed by atoms with Gasteiger partial charge in [-0.3, -0.25) is 4.79 Å². The number of alkyl halides is 2. The van der Waals surface area contributed by atoms with Crippen molar-refractivity contribution in [3.63, 3.8) is 0 Å². The molecule has 1 heterocycles. The van der Waals surface area contributed by atoms with Crippen molar-refractivity contribution < 1.29 is 28.2 Å². The van der Waals surface area contributed by atoms with E-state index in [1.54, 1.807) is 36.3 Å². The van der Waals surface area contributed by atoms with E-state index in [1.165, 1.54) is 12.1 Å². The normalized spacial score (nSPS) is 16.1. The fourth-order valence-corrected chi connectivity index (χ4v) is 3.84. The minimum absolute atomic E-state index is 0.0178. The molecular formula is C25H21F2NO4. The molecule has 4 rings (SSSR count). The number of hydrogen-bond acceptors (Lipinski definition) is 4. The number of carbonyl (C=O) groups is 1. The summed E-state index contributed by atoms with van der Waals surface area (Å²) in [6.45, 7) is -2.69. The summed E-state index contributed by atoms with van der Waals surface area (Å²) in [4.78, 5) is 14.6. The van der Waals surface area contributed by atoms with E-state index in [4.69, 9.17) is 4.74 Å². The number of rotatable bonds is 7. The molecule has 1 amide bonds. The van der Waals surface area contributed by atoms with Crippen molar-refractivity contribution in [1.82, 2.24) is 4.90 Å². The summed E-state index contributed by atoms with van der Waals surface area (Å²) < 4.78 is 34.7. The van der Waals surface area contributed by atoms with Crippen LogP contribution in [0, 0.1) is 0 Å². The highest BCUT2D eigenvalue weighted by Gasteiger charge is 2.41. The largest absolute Gasteiger partial charge is 0.503 e. The highest BCUT2D eigenvalue weighted by Crippen LogP contribution is 2.44. The van der Waals surface area contributed by atoms with Gasteiger partial charge < -0.3 is 19.5 Å². The molecule has 1 unspecified atom stereocenters. The maximum absolute atomic E-state index is 13.1. The summed E-state index contributed by atoms with van der Waals surface area (Å²) in [5.41, 5.74) is 2.68. The third-order valence-electron chi connectivity index (χ3n) is 5.32. The Labute approximate surface area is 184 Å². The first-order valence-corrected chi connectivity index (χ1v) is 9.95. The highest BCUT2D eigenvalue weighted by molar-refractivity contribution is 6.05. The summed E-state index contributed by atoms with van der Waals surface area (Å²) in [6.07, 6.45) is 0. The quantitative estimate of drug-likeness (QED) is 0.541. The van der Waals surface area contributed by atoms with E-state index in [2.05, 4.69) is 4.74 Å². The van der Waals surface area contributed by atoms with Crippen molar-refractivity contribution in [3.05, 3.63) is 101 Å². The average molecular weight is 437 g/mol. The molecule has 164 valence electrons. The number of aliphatic hydroxyl groups is 1. The molecule has 0 aliphatic carbocycles. The number of methoxy groups -OCH3 is 1. The zero-order valence-electron chi connectivity index (χ0n) is 17.2. The fourth-order valence-electron chi connectivity index (χ4n) is 3.84. The van der Waals surface area contributed by atoms with E-state index in [-0.39, 0.29) is 18.1 Å². The number of hydrogen-bond donors (Lipinski definition) is 1. The molecule has 5 nitrogen and oxygen atoms in total. The van der Waals surface area contributed by atoms with Crippen LogP contribution < -0.4 is 9.47 Å². The topological polar surface area (TPSA) is 59.0 Å². The SMILES string of the molecule is COc1ccc(CN2C(=O)C(O)=C(c3ccccc3)C2c2ccc(OC(F)F)cc2)cc1. The van der Waals surface area contributed by atoms with E-state index < -0.39 is 18.6 Å². The lowest BCUT2D eigenvalue weighted by Crippen LogP contribution is -2.29. The average Bonchev–Trinajstić information content (AvgIpc) is 3.05. The van der Waals surface area contributed by atoms with Crippen LogP contribution in [0.15, 0.2) is 84.6 Å². The number of nitrogens with zero attached hydrogens (tertiary/aromatic N) is 1. The van der Waals surface area contributed by atoms with Gasteiger partial charge in [-0.15, -0.1) is 0 Å². The van der Waals surface area contributed by atoms with Crippen LogP contribution in [0.3, 0.4) is 0 Å². The maximum Gasteiger partial charge on any atom is 0.387 e. The third kappa shape index (κ3) is 4.27. The van der Waals surface area contributed by atoms with Crippen LogP contribution in [0.1, 0.15) is 22.7 Å². The number of ether oxygens (including phenoxy) is 2. The van der Waals surface area contributed by atoms with Crippen LogP contribution in [-0.2, 0) is 11.3 Å². The molecule has 1 N–H and O–H groups in total. The lowest BCUT2D eigenvalue weighted by Gasteiger charge is -2.27. The van der Waals surface area contributed by atoms with Gasteiger partial charge in [-0.2, -0.15) is 8.78 Å². The summed E-state index contributed by atoms with van der Waals surface area (Å²) in [5, 5.41) is 10.8. The molecule has 0 radical (unpaired) electrons. The molecule has 3 aromatic rings. The molecule has 0 spiro atoms. The number of halogens is 2. The minimum atomic E-state index is -2.93. The number of aliphatic hydroxyl groups excluding tert-OH is 1. The summed E-state index contributed by atoms with van der Waals surface area (Å²) >= 11 is 0. The van der Waals surface area contributed by atoms with E-state index in [9.17, 15) is 18.7 Å². The van der Waals surface area contributed by atoms with Gasteiger partial charge in [-0.05, 0) is 41.0 Å². The van der Waals surface area contributed by atoms with Gasteiger partial charge in [0.05, 0.1) is 13.2 Å². The molecule has 1 aliphatic rings. The van der Waals surface area contributed by atoms with Crippen LogP contribution in [0.25, 0.3) is 5.57 Å². The van der Waals surface area contributed by atoms with Gasteiger partial charge >= 0.3 is 6.61 Å². The Hall–Kier alpha value is -3.87. The van der Waals surface area contributed by atoms with Crippen LogP contribution in [0.5, 0.6) is 11.5 Å². The van der Waals surface area contributed by atoms with Crippen LogP contribution in [0.4, 0.5) is 8.78 Å². The molecule has 3 aromatic carbocycles. The molecule has 7 heteroatoms. The molecule has 32 heavy (non-hydrogen) atoms. The molecule has 0 aromatic heterocycles. The zero-order valence-corrected chi connectivity index (χ0v) is 17.2. The molecule has 0 saturated heterocycles. The number of benzene rings is 3. The van der Waals surface area contributed by atoms with Gasteiger partial charge in [0, 0.05) is 12.1 Å². The van der Waals surface area contributed by atoms with Gasteiger partial charge in [0.15, 0.2) is 5.76 Å². The van der Waals surface area contributed by atoms with Crippen molar-refractivity contribution in [2.45, 2.75) is 19.2 Å². The number of amides is 1. The van der Waals surface area contributed by atoms with E-state index in [1.807, 2.05) is 42.5 Å². The Kier molecular flexibility index (Phi) is 6.07. The van der Waals surface area contributed by atoms with Crippen LogP contribution >= 0.6 is 0 Å². The monoisotopic (exact) mass is 437 g/mol. The second kappa shape index (κ2) is 9.09. The number of carbonyl (C=O) groups excluding carboxylic acids is 1. The second-order valence-corrected chi connectivity index (χ2v) is 7.26. The Morgan fingerprint density at radius 1 is 0.938 bits per heavy atom. The highest BCUT2D eigenvalue weighted by atomic mass is 19.3. The summed E-state index contributed by atoms with van der Waals surface area (Å²) in [5.74, 6) is -0.122. The van der Waals surface area contributed by atoms with E-state index >= 15 is 0 Å². The van der Waals surface area contributed by atoms with E-state index in [0.29, 0.717) is 22.4 Å². The van der Waals surface area contributed by atoms with E-state index in [0.717, 1.165) is 5.56 Å². The fraction of sp³-hybridized carbons (Fsp3) is 0.160. The van der Waals surface area contributed by atoms with Gasteiger partial charge in [-0.1, -0.05) is 54.6 Å². The smallest absolute Gasteiger partial charge is 0.387 e. The first-order valence-electron chi connectivity index (χ1n) is 9.95. The van der Waals surface area contributed by atoms with Gasteiger partial charge in [-0.25, -0.2) is 0 Å². The Balaban J connectivity index is 1.73. The van der Waals surface area contributed by atoms with Gasteiger partial charge in [0.1, 0.15) is 11.5 Å². The van der Waals surface area contributed by atoms with Crippen molar-refractivity contribution in [2.75, 3.05) is 7.11 Å². The molecule has 1 aliphatic heterocycles. The Morgan fingerprint density at radius 3 is 2.16 bits per heavy atom. The minimum Gasteiger partial charge on any atom is -0.503 e. The Bertz CT molecular complexity index is 1110. The summed E-state index contributed by atoms with van der Waals surface area (Å²) in [6, 6.07) is 21.9. The van der Waals surface area contributed by atoms with Gasteiger partial charge in [0.2, 0.25) is 0 Å². The van der Waals surface area contributed by atoms with Crippen LogP contribution in [0.2, 0.25) is 0 Å². The predicted octanol–water partition coefficient (Wildman–Crippen LogP) is 5.35. The lowest BCUT2D eigenvalue weighted by molar-refractivity contribution is -0.130. The molecule has 0 bridgehead atoms. The molecule has 1 atom stereocenters. The molecular weight excluding hydrogens is 416 g/mol. The van der Waals surface area contributed by atoms with Crippen molar-refractivity contribution in [3.8, 4) is 11.5 Å². The predicted molar refractivity (Wildman–Crippen MR) is 115 cm³/mol. The molecule has 0 saturated carbocycles. The standard InChI is InChI=1S/C25H21F2NO4/c1-31-19-11-7-16(8-12-19)15-28-22(18-9-13-20(14-10-18)32-25(26)27)21(23(29)24(28)30)17-5-3-2-4-6-17/h2-14,22,25,29H,15H2,1H3. The summed E-state index contributed by atoms with van der Waals surface area (Å²) in [7, 11) is 1.57. The van der Waals surface area contributed by atoms with Crippen molar-refractivity contribution in [1.29, 1.82) is 0 Å². The third-order valence-corrected chi connectivity index (χ3v) is 5.32. The lowest BCUT2D eigenvalue weighted by atomic mass is 9.93. The maximum atomic E-state index is 13.1. The Morgan fingerprint density at radius 2 is 1.56 bits per heavy atom. The zero-order chi connectivity index (χ0) is 22.7. The van der Waals surface area contributed by atoms with Crippen LogP contribution in [-0.4, -0.2) is 29.6 Å². The first-order chi connectivity index (χ1) is 15.5. The van der Waals surface area contributed by atoms with Crippen molar-refractivity contribution in [2.24, 2.45) is 0 Å². The first kappa shape index (κ1) is 21.4. The second-order valence-electron chi connectivity index (χ2n) is 7.26. The van der Waals surface area contributed by atoms with Crippen molar-refractivity contribution >= 4 is 11.5 Å². The molecule has 0 fully saturated rings. The van der Waals surface area contributed by atoms with Gasteiger partial charge in [0.25, 0.3) is 5.91 Å².